The molecule has 3 aromatic rings. The number of rotatable bonds is 8. The predicted octanol–water partition coefficient (Wildman–Crippen LogP) is 3.76. The average molecular weight is 376 g/mol. The molecule has 0 fully saturated rings. The van der Waals surface area contributed by atoms with Gasteiger partial charge in [0.15, 0.2) is 11.5 Å². The molecule has 2 heterocycles. The molecule has 0 bridgehead atoms. The molecule has 1 unspecified atom stereocenters. The third-order valence-electron chi connectivity index (χ3n) is 4.76. The van der Waals surface area contributed by atoms with Gasteiger partial charge in [0.25, 0.3) is 0 Å². The monoisotopic (exact) mass is 376 g/mol. The number of para-hydroxylation sites is 1. The summed E-state index contributed by atoms with van der Waals surface area (Å²) in [4.78, 5) is 4.12. The van der Waals surface area contributed by atoms with Gasteiger partial charge in [0.05, 0.1) is 7.11 Å². The van der Waals surface area contributed by atoms with Crippen LogP contribution in [0.1, 0.15) is 16.7 Å². The summed E-state index contributed by atoms with van der Waals surface area (Å²) >= 11 is 0. The molecule has 5 nitrogen and oxygen atoms in total. The molecule has 1 N–H and O–H groups in total. The number of benzene rings is 2. The van der Waals surface area contributed by atoms with Crippen molar-refractivity contribution in [3.8, 4) is 17.2 Å². The number of hydrogen-bond donors (Lipinski definition) is 1. The zero-order valence-corrected chi connectivity index (χ0v) is 15.9. The lowest BCUT2D eigenvalue weighted by atomic mass is 10.1. The standard InChI is InChI=1S/C23H24N2O3/c1-26-22-9-8-17(11-23(22)27-16-18-5-4-10-24-14-18)13-25-15-20-12-19-6-2-3-7-21(19)28-20/h2-11,14,20,25H,12-13,15-16H2,1H3. The van der Waals surface area contributed by atoms with Crippen molar-refractivity contribution in [3.63, 3.8) is 0 Å². The Kier molecular flexibility index (Phi) is 5.73. The van der Waals surface area contributed by atoms with E-state index in [4.69, 9.17) is 14.2 Å². The highest BCUT2D eigenvalue weighted by Gasteiger charge is 2.21. The van der Waals surface area contributed by atoms with Gasteiger partial charge in [0.2, 0.25) is 0 Å². The number of nitrogens with one attached hydrogen (secondary N) is 1. The van der Waals surface area contributed by atoms with E-state index in [0.717, 1.165) is 47.9 Å². The first-order valence-electron chi connectivity index (χ1n) is 9.46. The van der Waals surface area contributed by atoms with Crippen molar-refractivity contribution in [1.82, 2.24) is 10.3 Å². The van der Waals surface area contributed by atoms with Crippen LogP contribution in [0.4, 0.5) is 0 Å². The second-order valence-corrected chi connectivity index (χ2v) is 6.82. The molecule has 144 valence electrons. The molecule has 0 saturated carbocycles. The van der Waals surface area contributed by atoms with Crippen molar-refractivity contribution in [2.45, 2.75) is 25.7 Å². The van der Waals surface area contributed by atoms with Crippen LogP contribution in [0.5, 0.6) is 17.2 Å². The molecule has 0 amide bonds. The van der Waals surface area contributed by atoms with Gasteiger partial charge in [-0.15, -0.1) is 0 Å². The molecule has 28 heavy (non-hydrogen) atoms. The van der Waals surface area contributed by atoms with E-state index in [-0.39, 0.29) is 6.10 Å². The molecule has 2 aromatic carbocycles. The average Bonchev–Trinajstić information content (AvgIpc) is 3.16. The number of fused-ring (bicyclic) bond motifs is 1. The summed E-state index contributed by atoms with van der Waals surface area (Å²) in [5.74, 6) is 2.46. The maximum Gasteiger partial charge on any atom is 0.161 e. The third kappa shape index (κ3) is 4.43. The second-order valence-electron chi connectivity index (χ2n) is 6.82. The Morgan fingerprint density at radius 1 is 1.07 bits per heavy atom. The second kappa shape index (κ2) is 8.76. The molecule has 4 rings (SSSR count). The number of hydrogen-bond acceptors (Lipinski definition) is 5. The summed E-state index contributed by atoms with van der Waals surface area (Å²) in [6.07, 6.45) is 4.68. The number of methoxy groups -OCH3 is 1. The SMILES string of the molecule is COc1ccc(CNCC2Cc3ccccc3O2)cc1OCc1cccnc1. The zero-order valence-electron chi connectivity index (χ0n) is 15.9. The Labute approximate surface area is 165 Å². The highest BCUT2D eigenvalue weighted by atomic mass is 16.5. The van der Waals surface area contributed by atoms with Gasteiger partial charge < -0.3 is 19.5 Å². The fraction of sp³-hybridized carbons (Fsp3) is 0.261. The van der Waals surface area contributed by atoms with Crippen molar-refractivity contribution in [2.24, 2.45) is 0 Å². The Morgan fingerprint density at radius 3 is 2.82 bits per heavy atom. The molecule has 0 aliphatic carbocycles. The van der Waals surface area contributed by atoms with E-state index in [1.54, 1.807) is 19.5 Å². The summed E-state index contributed by atoms with van der Waals surface area (Å²) < 4.78 is 17.4. The molecule has 1 aliphatic heterocycles. The van der Waals surface area contributed by atoms with Gasteiger partial charge in [-0.25, -0.2) is 0 Å². The molecule has 1 atom stereocenters. The summed E-state index contributed by atoms with van der Waals surface area (Å²) in [6, 6.07) is 18.1. The topological polar surface area (TPSA) is 52.6 Å². The normalized spacial score (nSPS) is 15.0. The minimum Gasteiger partial charge on any atom is -0.493 e. The first-order valence-corrected chi connectivity index (χ1v) is 9.46. The highest BCUT2D eigenvalue weighted by molar-refractivity contribution is 5.43. The quantitative estimate of drug-likeness (QED) is 0.649. The zero-order chi connectivity index (χ0) is 19.2. The highest BCUT2D eigenvalue weighted by Crippen LogP contribution is 2.29. The van der Waals surface area contributed by atoms with Crippen LogP contribution in [0.15, 0.2) is 67.0 Å². The number of ether oxygens (including phenoxy) is 3. The third-order valence-corrected chi connectivity index (χ3v) is 4.76. The lowest BCUT2D eigenvalue weighted by Crippen LogP contribution is -2.29. The molecule has 1 aliphatic rings. The van der Waals surface area contributed by atoms with Crippen molar-refractivity contribution in [1.29, 1.82) is 0 Å². The minimum atomic E-state index is 0.178. The largest absolute Gasteiger partial charge is 0.493 e. The van der Waals surface area contributed by atoms with Crippen LogP contribution in [0.3, 0.4) is 0 Å². The molecular weight excluding hydrogens is 352 g/mol. The van der Waals surface area contributed by atoms with Crippen LogP contribution in [0, 0.1) is 0 Å². The Bertz CT molecular complexity index is 890. The number of nitrogens with zero attached hydrogens (tertiary/aromatic N) is 1. The van der Waals surface area contributed by atoms with Crippen LogP contribution in [0.2, 0.25) is 0 Å². The molecule has 0 radical (unpaired) electrons. The van der Waals surface area contributed by atoms with E-state index in [9.17, 15) is 0 Å². The summed E-state index contributed by atoms with van der Waals surface area (Å²) in [5.41, 5.74) is 3.44. The maximum atomic E-state index is 5.98. The van der Waals surface area contributed by atoms with E-state index in [0.29, 0.717) is 6.61 Å². The summed E-state index contributed by atoms with van der Waals surface area (Å²) in [5, 5.41) is 3.49. The Hall–Kier alpha value is -3.05. The van der Waals surface area contributed by atoms with Crippen molar-refractivity contribution in [3.05, 3.63) is 83.7 Å². The molecule has 0 saturated heterocycles. The van der Waals surface area contributed by atoms with Gasteiger partial charge >= 0.3 is 0 Å². The first kappa shape index (κ1) is 18.3. The molecule has 5 heteroatoms. The fourth-order valence-electron chi connectivity index (χ4n) is 3.33. The minimum absolute atomic E-state index is 0.178. The van der Waals surface area contributed by atoms with Crippen LogP contribution in [0.25, 0.3) is 0 Å². The van der Waals surface area contributed by atoms with Crippen LogP contribution < -0.4 is 19.5 Å². The van der Waals surface area contributed by atoms with Gasteiger partial charge in [-0.2, -0.15) is 0 Å². The van der Waals surface area contributed by atoms with Crippen molar-refractivity contribution in [2.75, 3.05) is 13.7 Å². The van der Waals surface area contributed by atoms with Gasteiger partial charge in [-0.05, 0) is 35.4 Å². The van der Waals surface area contributed by atoms with Gasteiger partial charge in [-0.1, -0.05) is 30.3 Å². The van der Waals surface area contributed by atoms with Crippen molar-refractivity contribution < 1.29 is 14.2 Å². The lowest BCUT2D eigenvalue weighted by molar-refractivity contribution is 0.227. The van der Waals surface area contributed by atoms with E-state index in [2.05, 4.69) is 22.4 Å². The van der Waals surface area contributed by atoms with E-state index in [1.165, 1.54) is 5.56 Å². The van der Waals surface area contributed by atoms with Gasteiger partial charge in [-0.3, -0.25) is 4.98 Å². The summed E-state index contributed by atoms with van der Waals surface area (Å²) in [6.45, 7) is 1.99. The maximum absolute atomic E-state index is 5.98. The Balaban J connectivity index is 1.32. The number of pyridine rings is 1. The molecular formula is C23H24N2O3. The van der Waals surface area contributed by atoms with Crippen LogP contribution in [-0.2, 0) is 19.6 Å². The molecule has 1 aromatic heterocycles. The van der Waals surface area contributed by atoms with Gasteiger partial charge in [0.1, 0.15) is 18.5 Å². The lowest BCUT2D eigenvalue weighted by Gasteiger charge is -2.14. The van der Waals surface area contributed by atoms with Crippen LogP contribution >= 0.6 is 0 Å². The molecule has 0 spiro atoms. The van der Waals surface area contributed by atoms with E-state index < -0.39 is 0 Å². The van der Waals surface area contributed by atoms with Crippen LogP contribution in [-0.4, -0.2) is 24.7 Å². The Morgan fingerprint density at radius 2 is 2.00 bits per heavy atom. The van der Waals surface area contributed by atoms with E-state index >= 15 is 0 Å². The van der Waals surface area contributed by atoms with E-state index in [1.807, 2.05) is 42.5 Å². The fourth-order valence-corrected chi connectivity index (χ4v) is 3.33. The van der Waals surface area contributed by atoms with Gasteiger partial charge in [0, 0.05) is 37.5 Å². The number of aromatic nitrogens is 1. The smallest absolute Gasteiger partial charge is 0.161 e. The predicted molar refractivity (Wildman–Crippen MR) is 108 cm³/mol. The summed E-state index contributed by atoms with van der Waals surface area (Å²) in [7, 11) is 1.65. The first-order chi connectivity index (χ1) is 13.8. The van der Waals surface area contributed by atoms with Crippen molar-refractivity contribution >= 4 is 0 Å².